The van der Waals surface area contributed by atoms with Crippen LogP contribution in [-0.2, 0) is 9.22 Å². The lowest BCUT2D eigenvalue weighted by atomic mass is 10.2. The van der Waals surface area contributed by atoms with Gasteiger partial charge < -0.3 is 9.33 Å². The van der Waals surface area contributed by atoms with Crippen molar-refractivity contribution in [2.24, 2.45) is 0 Å². The summed E-state index contributed by atoms with van der Waals surface area (Å²) in [7, 11) is -2.08. The molecule has 0 saturated heterocycles. The number of alkyl halides is 3. The van der Waals surface area contributed by atoms with E-state index in [9.17, 15) is 18.0 Å². The van der Waals surface area contributed by atoms with Crippen molar-refractivity contribution in [3.8, 4) is 0 Å². The van der Waals surface area contributed by atoms with E-state index in [2.05, 4.69) is 0 Å². The quantitative estimate of drug-likeness (QED) is 0.546. The Morgan fingerprint density at radius 1 is 1.38 bits per heavy atom. The Balaban J connectivity index is 3.06. The van der Waals surface area contributed by atoms with E-state index in [1.807, 2.05) is 38.3 Å². The average Bonchev–Trinajstić information content (AvgIpc) is 3.10. The second-order valence-corrected chi connectivity index (χ2v) is 11.3. The number of rotatable bonds is 9. The summed E-state index contributed by atoms with van der Waals surface area (Å²) in [5.41, 5.74) is 0. The molecule has 1 amide bonds. The normalized spacial score (nSPS) is 16.2. The van der Waals surface area contributed by atoms with Gasteiger partial charge in [0, 0.05) is 22.5 Å². The van der Waals surface area contributed by atoms with Crippen LogP contribution in [0.5, 0.6) is 0 Å². The zero-order valence-corrected chi connectivity index (χ0v) is 16.0. The van der Waals surface area contributed by atoms with Gasteiger partial charge in [-0.15, -0.1) is 11.3 Å². The molecule has 0 spiro atoms. The third kappa shape index (κ3) is 5.60. The number of hydrogen-bond donors (Lipinski definition) is 0. The third-order valence-corrected chi connectivity index (χ3v) is 9.90. The van der Waals surface area contributed by atoms with Crippen molar-refractivity contribution in [1.29, 1.82) is 0 Å². The van der Waals surface area contributed by atoms with Crippen LogP contribution in [0, 0.1) is 0 Å². The van der Waals surface area contributed by atoms with Gasteiger partial charge >= 0.3 is 12.1 Å². The Morgan fingerprint density at radius 3 is 2.42 bits per heavy atom. The molecule has 1 atom stereocenters. The summed E-state index contributed by atoms with van der Waals surface area (Å²) in [6, 6.07) is 6.19. The second-order valence-electron chi connectivity index (χ2n) is 5.61. The van der Waals surface area contributed by atoms with Gasteiger partial charge in [0.1, 0.15) is 0 Å². The predicted octanol–water partition coefficient (Wildman–Crippen LogP) is 5.22. The largest absolute Gasteiger partial charge is 0.471 e. The van der Waals surface area contributed by atoms with Crippen molar-refractivity contribution in [3.05, 3.63) is 22.4 Å². The Labute approximate surface area is 151 Å². The molecule has 138 valence electrons. The zero-order chi connectivity index (χ0) is 20.9. The van der Waals surface area contributed by atoms with E-state index in [0.717, 1.165) is 23.0 Å². The molecule has 0 radical (unpaired) electrons. The first-order valence-electron chi connectivity index (χ1n) is 9.50. The van der Waals surface area contributed by atoms with E-state index >= 15 is 0 Å². The van der Waals surface area contributed by atoms with Gasteiger partial charge in [0.2, 0.25) is 0 Å². The lowest BCUT2D eigenvalue weighted by Crippen LogP contribution is -2.41. The first-order valence-corrected chi connectivity index (χ1v) is 11.4. The smallest absolute Gasteiger partial charge is 0.409 e. The lowest BCUT2D eigenvalue weighted by Gasteiger charge is -2.33. The van der Waals surface area contributed by atoms with Gasteiger partial charge in [-0.1, -0.05) is 26.8 Å². The van der Waals surface area contributed by atoms with Crippen molar-refractivity contribution in [2.75, 3.05) is 13.5 Å². The monoisotopic (exact) mass is 384 g/mol. The fourth-order valence-corrected chi connectivity index (χ4v) is 6.26. The molecule has 0 aliphatic carbocycles. The fraction of sp³-hybridized carbons (Fsp3) is 0.688. The molecule has 1 heterocycles. The number of hydrogen-bond acceptors (Lipinski definition) is 3. The highest BCUT2D eigenvalue weighted by Gasteiger charge is 2.41. The molecular formula is C16H26F3NO2SSi. The maximum atomic E-state index is 12.8. The van der Waals surface area contributed by atoms with Crippen molar-refractivity contribution in [2.45, 2.75) is 57.6 Å². The summed E-state index contributed by atoms with van der Waals surface area (Å²) in [4.78, 5) is 12.3. The molecule has 8 heteroatoms. The van der Waals surface area contributed by atoms with Crippen molar-refractivity contribution >= 4 is 25.6 Å². The lowest BCUT2D eigenvalue weighted by molar-refractivity contribution is -0.184. The molecule has 0 fully saturated rings. The molecule has 1 aromatic heterocycles. The number of carbonyl (C=O) groups excluding carboxylic acids is 1. The highest BCUT2D eigenvalue weighted by atomic mass is 32.1. The van der Waals surface area contributed by atoms with Gasteiger partial charge in [-0.25, -0.2) is 0 Å². The van der Waals surface area contributed by atoms with Crippen LogP contribution in [0.4, 0.5) is 13.2 Å². The van der Waals surface area contributed by atoms with Crippen LogP contribution >= 0.6 is 11.3 Å². The Hall–Kier alpha value is -0.863. The highest BCUT2D eigenvalue weighted by molar-refractivity contribution is 7.10. The van der Waals surface area contributed by atoms with E-state index < -0.39 is 40.0 Å². The minimum atomic E-state index is -5.23. The maximum Gasteiger partial charge on any atom is 0.471 e. The van der Waals surface area contributed by atoms with E-state index in [1.54, 1.807) is 0 Å². The zero-order valence-electron chi connectivity index (χ0n) is 17.2. The minimum absolute atomic E-state index is 0.00449. The summed E-state index contributed by atoms with van der Waals surface area (Å²) >= 11 is 1.41. The van der Waals surface area contributed by atoms with Crippen LogP contribution in [0.3, 0.4) is 0 Å². The van der Waals surface area contributed by atoms with Gasteiger partial charge in [0.25, 0.3) is 0 Å². The number of thiophene rings is 1. The number of halogens is 3. The van der Waals surface area contributed by atoms with Gasteiger partial charge in [0.15, 0.2) is 8.32 Å². The van der Waals surface area contributed by atoms with Gasteiger partial charge in [-0.3, -0.25) is 4.79 Å². The first kappa shape index (κ1) is 16.6. The van der Waals surface area contributed by atoms with Crippen LogP contribution in [-0.4, -0.2) is 38.8 Å². The van der Waals surface area contributed by atoms with Crippen LogP contribution < -0.4 is 0 Å². The summed E-state index contributed by atoms with van der Waals surface area (Å²) in [5, 5.41) is 1.83. The predicted molar refractivity (Wildman–Crippen MR) is 93.7 cm³/mol. The topological polar surface area (TPSA) is 29.5 Å². The molecule has 0 N–H and O–H groups in total. The average molecular weight is 385 g/mol. The maximum absolute atomic E-state index is 12.8. The summed E-state index contributed by atoms with van der Waals surface area (Å²) in [6.45, 7) is 2.38. The summed E-state index contributed by atoms with van der Waals surface area (Å²) in [5.74, 6) is -2.35. The Kier molecular flexibility index (Phi) is 6.23. The van der Waals surface area contributed by atoms with Crippen LogP contribution in [0.25, 0.3) is 0 Å². The summed E-state index contributed by atoms with van der Waals surface area (Å²) in [6.07, 6.45) is -5.76. The van der Waals surface area contributed by atoms with E-state index in [0.29, 0.717) is 0 Å². The van der Waals surface area contributed by atoms with Gasteiger partial charge in [0.05, 0.1) is 6.10 Å². The number of amides is 1. The van der Waals surface area contributed by atoms with Crippen molar-refractivity contribution in [1.82, 2.24) is 4.90 Å². The fourth-order valence-electron chi connectivity index (χ4n) is 2.54. The SMILES string of the molecule is [2H]C([2H])([2H])N(CC[C@H](O[Si](CC)(CC)CC)c1cccs1)C(=O)C(F)(F)F. The molecule has 1 aromatic rings. The Bertz CT molecular complexity index is 584. The molecule has 0 bridgehead atoms. The molecule has 24 heavy (non-hydrogen) atoms. The van der Waals surface area contributed by atoms with Crippen LogP contribution in [0.2, 0.25) is 18.1 Å². The van der Waals surface area contributed by atoms with Gasteiger partial charge in [-0.05, 0) is 36.0 Å². The summed E-state index contributed by atoms with van der Waals surface area (Å²) < 4.78 is 66.7. The van der Waals surface area contributed by atoms with Crippen LogP contribution in [0.1, 0.15) is 42.3 Å². The molecule has 0 aromatic carbocycles. The van der Waals surface area contributed by atoms with E-state index in [-0.39, 0.29) is 11.3 Å². The van der Waals surface area contributed by atoms with E-state index in [4.69, 9.17) is 8.54 Å². The highest BCUT2D eigenvalue weighted by Crippen LogP contribution is 2.34. The Morgan fingerprint density at radius 2 is 2.00 bits per heavy atom. The van der Waals surface area contributed by atoms with Crippen molar-refractivity contribution < 1.29 is 26.5 Å². The van der Waals surface area contributed by atoms with Crippen molar-refractivity contribution in [3.63, 3.8) is 0 Å². The molecule has 1 rings (SSSR count). The number of nitrogens with zero attached hydrogens (tertiary/aromatic N) is 1. The molecule has 0 unspecified atom stereocenters. The molecule has 0 aliphatic rings. The third-order valence-electron chi connectivity index (χ3n) is 4.29. The molecule has 0 aliphatic heterocycles. The molecule has 3 nitrogen and oxygen atoms in total. The molecular weight excluding hydrogens is 355 g/mol. The van der Waals surface area contributed by atoms with Gasteiger partial charge in [-0.2, -0.15) is 13.2 Å². The standard InChI is InChI=1S/C16H26F3NO2SSi/c1-5-24(6-2,7-3)22-13(14-9-8-12-23-14)10-11-20(4)15(21)16(17,18)19/h8-9,12-13H,5-7,10-11H2,1-4H3/t13-/m0/s1/i4D3. The van der Waals surface area contributed by atoms with E-state index in [1.165, 1.54) is 11.3 Å². The first-order chi connectivity index (χ1) is 12.4. The minimum Gasteiger partial charge on any atom is -0.409 e. The molecule has 0 saturated carbocycles. The number of carbonyl (C=O) groups is 1. The second kappa shape index (κ2) is 9.01. The van der Waals surface area contributed by atoms with Crippen LogP contribution in [0.15, 0.2) is 17.5 Å².